The Hall–Kier alpha value is -0.910. The fraction of sp³-hybridized carbons (Fsp3) is 0.417. The van der Waals surface area contributed by atoms with Crippen molar-refractivity contribution in [2.45, 2.75) is 6.42 Å². The van der Waals surface area contributed by atoms with E-state index in [-0.39, 0.29) is 12.5 Å². The number of carbonyl (C=O) groups is 1. The first-order valence-electron chi connectivity index (χ1n) is 5.64. The van der Waals surface area contributed by atoms with E-state index in [2.05, 4.69) is 10.6 Å². The highest BCUT2D eigenvalue weighted by Crippen LogP contribution is 2.14. The molecule has 1 amide bonds. The zero-order chi connectivity index (χ0) is 13.4. The van der Waals surface area contributed by atoms with Crippen LogP contribution in [0.4, 0.5) is 5.69 Å². The van der Waals surface area contributed by atoms with Crippen molar-refractivity contribution >= 4 is 34.0 Å². The molecular formula is C12H17ClN2O2S. The van der Waals surface area contributed by atoms with Crippen molar-refractivity contribution in [3.63, 3.8) is 0 Å². The van der Waals surface area contributed by atoms with Crippen molar-refractivity contribution in [2.24, 2.45) is 0 Å². The van der Waals surface area contributed by atoms with Gasteiger partial charge in [-0.2, -0.15) is 0 Å². The number of rotatable bonds is 7. The number of anilines is 1. The summed E-state index contributed by atoms with van der Waals surface area (Å²) in [6.07, 6.45) is 2.47. The average molecular weight is 289 g/mol. The van der Waals surface area contributed by atoms with Gasteiger partial charge in [0.1, 0.15) is 0 Å². The van der Waals surface area contributed by atoms with E-state index >= 15 is 0 Å². The monoisotopic (exact) mass is 288 g/mol. The summed E-state index contributed by atoms with van der Waals surface area (Å²) in [4.78, 5) is 11.5. The van der Waals surface area contributed by atoms with Crippen LogP contribution in [0.3, 0.4) is 0 Å². The van der Waals surface area contributed by atoms with Gasteiger partial charge < -0.3 is 10.6 Å². The molecule has 0 saturated carbocycles. The van der Waals surface area contributed by atoms with Gasteiger partial charge in [-0.3, -0.25) is 9.00 Å². The van der Waals surface area contributed by atoms with Gasteiger partial charge in [0, 0.05) is 33.5 Å². The molecule has 1 aromatic rings. The molecule has 0 spiro atoms. The first-order chi connectivity index (χ1) is 8.58. The molecule has 0 heterocycles. The van der Waals surface area contributed by atoms with Crippen LogP contribution in [0.5, 0.6) is 0 Å². The molecule has 1 atom stereocenters. The van der Waals surface area contributed by atoms with Gasteiger partial charge in [0.25, 0.3) is 0 Å². The van der Waals surface area contributed by atoms with Crippen molar-refractivity contribution in [1.82, 2.24) is 5.32 Å². The molecule has 0 aliphatic heterocycles. The van der Waals surface area contributed by atoms with Crippen molar-refractivity contribution < 1.29 is 9.00 Å². The normalized spacial score (nSPS) is 12.1. The topological polar surface area (TPSA) is 58.2 Å². The lowest BCUT2D eigenvalue weighted by Crippen LogP contribution is -2.29. The van der Waals surface area contributed by atoms with E-state index in [0.717, 1.165) is 6.42 Å². The highest BCUT2D eigenvalue weighted by Gasteiger charge is 2.02. The Labute approximate surface area is 115 Å². The van der Waals surface area contributed by atoms with Crippen LogP contribution in [0.15, 0.2) is 24.3 Å². The predicted octanol–water partition coefficient (Wildman–Crippen LogP) is 1.64. The Balaban J connectivity index is 2.20. The maximum Gasteiger partial charge on any atom is 0.238 e. The molecule has 0 radical (unpaired) electrons. The van der Waals surface area contributed by atoms with Crippen molar-refractivity contribution in [2.75, 3.05) is 30.4 Å². The third-order valence-corrected chi connectivity index (χ3v) is 3.28. The molecule has 4 nitrogen and oxygen atoms in total. The van der Waals surface area contributed by atoms with Crippen molar-refractivity contribution in [3.05, 3.63) is 29.3 Å². The van der Waals surface area contributed by atoms with Crippen LogP contribution in [0.1, 0.15) is 6.42 Å². The van der Waals surface area contributed by atoms with E-state index < -0.39 is 10.8 Å². The lowest BCUT2D eigenvalue weighted by molar-refractivity contribution is -0.115. The molecule has 0 fully saturated rings. The predicted molar refractivity (Wildman–Crippen MR) is 76.5 cm³/mol. The number of carbonyl (C=O) groups excluding carboxylic acids is 1. The average Bonchev–Trinajstić information content (AvgIpc) is 2.28. The fourth-order valence-electron chi connectivity index (χ4n) is 1.37. The Morgan fingerprint density at radius 3 is 2.89 bits per heavy atom. The van der Waals surface area contributed by atoms with E-state index in [9.17, 15) is 9.00 Å². The molecule has 0 aromatic heterocycles. The molecule has 0 saturated heterocycles. The first kappa shape index (κ1) is 15.1. The Bertz CT molecular complexity index is 426. The van der Waals surface area contributed by atoms with Crippen LogP contribution in [0, 0.1) is 0 Å². The summed E-state index contributed by atoms with van der Waals surface area (Å²) in [7, 11) is -0.769. The number of halogens is 1. The number of hydrogen-bond acceptors (Lipinski definition) is 3. The van der Waals surface area contributed by atoms with Crippen LogP contribution >= 0.6 is 11.6 Å². The summed E-state index contributed by atoms with van der Waals surface area (Å²) in [5.74, 6) is 0.540. The highest BCUT2D eigenvalue weighted by molar-refractivity contribution is 7.84. The lowest BCUT2D eigenvalue weighted by atomic mass is 10.3. The maximum atomic E-state index is 11.5. The molecule has 6 heteroatoms. The maximum absolute atomic E-state index is 11.5. The summed E-state index contributed by atoms with van der Waals surface area (Å²) >= 11 is 5.81. The quantitative estimate of drug-likeness (QED) is 0.750. The molecule has 100 valence electrons. The third-order valence-electron chi connectivity index (χ3n) is 2.18. The second kappa shape index (κ2) is 8.24. The number of nitrogens with one attached hydrogen (secondary N) is 2. The van der Waals surface area contributed by atoms with Crippen LogP contribution in [0.25, 0.3) is 0 Å². The third kappa shape index (κ3) is 6.74. The SMILES string of the molecule is CS(=O)CCCNCC(=O)Nc1cccc(Cl)c1. The second-order valence-electron chi connectivity index (χ2n) is 3.87. The minimum Gasteiger partial charge on any atom is -0.325 e. The zero-order valence-electron chi connectivity index (χ0n) is 10.2. The van der Waals surface area contributed by atoms with E-state index in [4.69, 9.17) is 11.6 Å². The summed E-state index contributed by atoms with van der Waals surface area (Å²) in [6, 6.07) is 7.01. The molecule has 0 aliphatic rings. The van der Waals surface area contributed by atoms with Gasteiger partial charge in [0.15, 0.2) is 0 Å². The summed E-state index contributed by atoms with van der Waals surface area (Å²) in [5, 5.41) is 6.32. The number of amides is 1. The molecule has 1 unspecified atom stereocenters. The molecule has 18 heavy (non-hydrogen) atoms. The first-order valence-corrected chi connectivity index (χ1v) is 7.74. The molecule has 2 N–H and O–H groups in total. The Morgan fingerprint density at radius 2 is 2.22 bits per heavy atom. The van der Waals surface area contributed by atoms with Crippen LogP contribution in [-0.4, -0.2) is 35.2 Å². The van der Waals surface area contributed by atoms with Gasteiger partial charge >= 0.3 is 0 Å². The second-order valence-corrected chi connectivity index (χ2v) is 5.86. The Kier molecular flexibility index (Phi) is 6.93. The minimum atomic E-state index is -0.769. The summed E-state index contributed by atoms with van der Waals surface area (Å²) in [5.41, 5.74) is 0.684. The zero-order valence-corrected chi connectivity index (χ0v) is 11.8. The van der Waals surface area contributed by atoms with Gasteiger partial charge in [-0.25, -0.2) is 0 Å². The van der Waals surface area contributed by atoms with Crippen molar-refractivity contribution in [3.8, 4) is 0 Å². The lowest BCUT2D eigenvalue weighted by Gasteiger charge is -2.06. The largest absolute Gasteiger partial charge is 0.325 e. The summed E-state index contributed by atoms with van der Waals surface area (Å²) < 4.78 is 10.8. The van der Waals surface area contributed by atoms with E-state index in [0.29, 0.717) is 23.0 Å². The van der Waals surface area contributed by atoms with Gasteiger partial charge in [0.2, 0.25) is 5.91 Å². The van der Waals surface area contributed by atoms with Crippen molar-refractivity contribution in [1.29, 1.82) is 0 Å². The van der Waals surface area contributed by atoms with Gasteiger partial charge in [-0.1, -0.05) is 17.7 Å². The summed E-state index contributed by atoms with van der Waals surface area (Å²) in [6.45, 7) is 0.922. The molecule has 0 aliphatic carbocycles. The van der Waals surface area contributed by atoms with Gasteiger partial charge in [-0.15, -0.1) is 0 Å². The smallest absolute Gasteiger partial charge is 0.238 e. The molecule has 0 bridgehead atoms. The Morgan fingerprint density at radius 1 is 1.44 bits per heavy atom. The van der Waals surface area contributed by atoms with E-state index in [1.165, 1.54) is 0 Å². The molecular weight excluding hydrogens is 272 g/mol. The van der Waals surface area contributed by atoms with Gasteiger partial charge in [0.05, 0.1) is 6.54 Å². The van der Waals surface area contributed by atoms with Crippen LogP contribution in [-0.2, 0) is 15.6 Å². The standard InChI is InChI=1S/C12H17ClN2O2S/c1-18(17)7-3-6-14-9-12(16)15-11-5-2-4-10(13)8-11/h2,4-5,8,14H,3,6-7,9H2,1H3,(H,15,16). The van der Waals surface area contributed by atoms with Gasteiger partial charge in [-0.05, 0) is 31.2 Å². The van der Waals surface area contributed by atoms with E-state index in [1.807, 2.05) is 0 Å². The molecule has 1 aromatic carbocycles. The van der Waals surface area contributed by atoms with Crippen LogP contribution in [0.2, 0.25) is 5.02 Å². The number of hydrogen-bond donors (Lipinski definition) is 2. The molecule has 1 rings (SSSR count). The minimum absolute atomic E-state index is 0.116. The van der Waals surface area contributed by atoms with Crippen LogP contribution < -0.4 is 10.6 Å². The highest BCUT2D eigenvalue weighted by atomic mass is 35.5. The van der Waals surface area contributed by atoms with E-state index in [1.54, 1.807) is 30.5 Å². The fourth-order valence-corrected chi connectivity index (χ4v) is 2.11. The number of benzene rings is 1.